The summed E-state index contributed by atoms with van der Waals surface area (Å²) in [7, 11) is 0. The molecule has 1 N–H and O–H groups in total. The van der Waals surface area contributed by atoms with Crippen LogP contribution in [0.3, 0.4) is 0 Å². The number of aromatic nitrogens is 1. The number of nitrogens with one attached hydrogen (secondary N) is 1. The van der Waals surface area contributed by atoms with Crippen LogP contribution in [-0.2, 0) is 0 Å². The second-order valence-corrected chi connectivity index (χ2v) is 2.50. The van der Waals surface area contributed by atoms with Gasteiger partial charge < -0.3 is 5.32 Å². The SMILES string of the molecule is CCN/C=C\C(=O)c1cccnc1. The number of allylic oxidation sites excluding steroid dienone is 1. The summed E-state index contributed by atoms with van der Waals surface area (Å²) in [6, 6.07) is 3.49. The standard InChI is InChI=1S/C10H12N2O/c1-2-11-7-5-10(13)9-4-3-6-12-8-9/h3-8,11H,2H2,1H3/b7-5-. The topological polar surface area (TPSA) is 42.0 Å². The molecule has 0 unspecified atom stereocenters. The lowest BCUT2D eigenvalue weighted by atomic mass is 10.2. The number of pyridine rings is 1. The van der Waals surface area contributed by atoms with Crippen LogP contribution in [0, 0.1) is 0 Å². The summed E-state index contributed by atoms with van der Waals surface area (Å²) in [4.78, 5) is 15.2. The molecule has 0 spiro atoms. The van der Waals surface area contributed by atoms with E-state index in [1.807, 2.05) is 6.92 Å². The van der Waals surface area contributed by atoms with Gasteiger partial charge in [-0.2, -0.15) is 0 Å². The summed E-state index contributed by atoms with van der Waals surface area (Å²) in [5.74, 6) is -0.0333. The first-order valence-corrected chi connectivity index (χ1v) is 4.19. The van der Waals surface area contributed by atoms with Crippen LogP contribution in [0.15, 0.2) is 36.8 Å². The Morgan fingerprint density at radius 2 is 2.54 bits per heavy atom. The van der Waals surface area contributed by atoms with E-state index in [1.165, 1.54) is 6.08 Å². The third-order valence-electron chi connectivity index (χ3n) is 1.50. The summed E-state index contributed by atoms with van der Waals surface area (Å²) >= 11 is 0. The fourth-order valence-corrected chi connectivity index (χ4v) is 0.857. The predicted octanol–water partition coefficient (Wildman–Crippen LogP) is 1.39. The van der Waals surface area contributed by atoms with E-state index in [2.05, 4.69) is 10.3 Å². The number of carbonyl (C=O) groups excluding carboxylic acids is 1. The smallest absolute Gasteiger partial charge is 0.188 e. The van der Waals surface area contributed by atoms with Crippen LogP contribution in [-0.4, -0.2) is 17.3 Å². The first kappa shape index (κ1) is 9.45. The Labute approximate surface area is 77.5 Å². The monoisotopic (exact) mass is 176 g/mol. The van der Waals surface area contributed by atoms with E-state index < -0.39 is 0 Å². The molecule has 3 heteroatoms. The molecule has 13 heavy (non-hydrogen) atoms. The first-order chi connectivity index (χ1) is 6.34. The Kier molecular flexibility index (Phi) is 3.70. The Hall–Kier alpha value is -1.64. The lowest BCUT2D eigenvalue weighted by Crippen LogP contribution is -2.04. The van der Waals surface area contributed by atoms with Crippen molar-refractivity contribution in [2.24, 2.45) is 0 Å². The van der Waals surface area contributed by atoms with Crippen LogP contribution in [0.1, 0.15) is 17.3 Å². The zero-order valence-corrected chi connectivity index (χ0v) is 7.53. The summed E-state index contributed by atoms with van der Waals surface area (Å²) in [5.41, 5.74) is 0.608. The number of nitrogens with zero attached hydrogens (tertiary/aromatic N) is 1. The minimum absolute atomic E-state index is 0.0333. The molecule has 0 amide bonds. The van der Waals surface area contributed by atoms with Gasteiger partial charge in [0.25, 0.3) is 0 Å². The molecule has 0 aliphatic carbocycles. The highest BCUT2D eigenvalue weighted by Gasteiger charge is 1.98. The highest BCUT2D eigenvalue weighted by Crippen LogP contribution is 1.97. The van der Waals surface area contributed by atoms with Crippen molar-refractivity contribution in [3.05, 3.63) is 42.4 Å². The van der Waals surface area contributed by atoms with Gasteiger partial charge in [-0.3, -0.25) is 9.78 Å². The number of hydrogen-bond donors (Lipinski definition) is 1. The van der Waals surface area contributed by atoms with E-state index in [9.17, 15) is 4.79 Å². The van der Waals surface area contributed by atoms with E-state index >= 15 is 0 Å². The van der Waals surface area contributed by atoms with Crippen molar-refractivity contribution in [1.29, 1.82) is 0 Å². The maximum Gasteiger partial charge on any atom is 0.188 e. The lowest BCUT2D eigenvalue weighted by molar-refractivity contribution is 0.104. The number of hydrogen-bond acceptors (Lipinski definition) is 3. The molecule has 1 aromatic heterocycles. The molecule has 0 aromatic carbocycles. The molecule has 1 rings (SSSR count). The average molecular weight is 176 g/mol. The predicted molar refractivity (Wildman–Crippen MR) is 51.4 cm³/mol. The van der Waals surface area contributed by atoms with Gasteiger partial charge in [-0.25, -0.2) is 0 Å². The molecule has 0 fully saturated rings. The van der Waals surface area contributed by atoms with Gasteiger partial charge in [0, 0.05) is 36.8 Å². The third kappa shape index (κ3) is 3.07. The maximum atomic E-state index is 11.4. The van der Waals surface area contributed by atoms with Crippen molar-refractivity contribution in [2.45, 2.75) is 6.92 Å². The molecule has 3 nitrogen and oxygen atoms in total. The molecular formula is C10H12N2O. The van der Waals surface area contributed by atoms with Crippen LogP contribution in [0.25, 0.3) is 0 Å². The Morgan fingerprint density at radius 1 is 1.69 bits per heavy atom. The molecule has 0 saturated heterocycles. The molecule has 1 aromatic rings. The fraction of sp³-hybridized carbons (Fsp3) is 0.200. The Bertz CT molecular complexity index is 293. The molecule has 1 heterocycles. The Balaban J connectivity index is 2.59. The largest absolute Gasteiger partial charge is 0.391 e. The molecule has 0 saturated carbocycles. The minimum Gasteiger partial charge on any atom is -0.391 e. The number of rotatable bonds is 4. The molecule has 0 atom stereocenters. The van der Waals surface area contributed by atoms with Gasteiger partial charge in [-0.05, 0) is 19.1 Å². The van der Waals surface area contributed by atoms with Gasteiger partial charge >= 0.3 is 0 Å². The molecule has 0 aliphatic rings. The van der Waals surface area contributed by atoms with E-state index in [0.717, 1.165) is 6.54 Å². The van der Waals surface area contributed by atoms with Gasteiger partial charge in [0.2, 0.25) is 0 Å². The van der Waals surface area contributed by atoms with Crippen LogP contribution >= 0.6 is 0 Å². The molecule has 0 bridgehead atoms. The van der Waals surface area contributed by atoms with Crippen molar-refractivity contribution in [3.63, 3.8) is 0 Å². The van der Waals surface area contributed by atoms with Crippen molar-refractivity contribution in [1.82, 2.24) is 10.3 Å². The van der Waals surface area contributed by atoms with E-state index in [-0.39, 0.29) is 5.78 Å². The summed E-state index contributed by atoms with van der Waals surface area (Å²) < 4.78 is 0. The Morgan fingerprint density at radius 3 is 3.15 bits per heavy atom. The molecule has 68 valence electrons. The van der Waals surface area contributed by atoms with Crippen molar-refractivity contribution in [3.8, 4) is 0 Å². The molecule has 0 aliphatic heterocycles. The van der Waals surface area contributed by atoms with Gasteiger partial charge in [-0.1, -0.05) is 0 Å². The van der Waals surface area contributed by atoms with Gasteiger partial charge in [-0.15, -0.1) is 0 Å². The minimum atomic E-state index is -0.0333. The zero-order chi connectivity index (χ0) is 9.52. The highest BCUT2D eigenvalue weighted by atomic mass is 16.1. The number of carbonyl (C=O) groups is 1. The van der Waals surface area contributed by atoms with Crippen LogP contribution in [0.2, 0.25) is 0 Å². The summed E-state index contributed by atoms with van der Waals surface area (Å²) in [5, 5.41) is 2.93. The highest BCUT2D eigenvalue weighted by molar-refractivity contribution is 6.04. The van der Waals surface area contributed by atoms with Crippen molar-refractivity contribution in [2.75, 3.05) is 6.54 Å². The summed E-state index contributed by atoms with van der Waals surface area (Å²) in [6.07, 6.45) is 6.35. The molecule has 0 radical (unpaired) electrons. The van der Waals surface area contributed by atoms with E-state index in [0.29, 0.717) is 5.56 Å². The van der Waals surface area contributed by atoms with Crippen molar-refractivity contribution >= 4 is 5.78 Å². The van der Waals surface area contributed by atoms with Crippen molar-refractivity contribution < 1.29 is 4.79 Å². The maximum absolute atomic E-state index is 11.4. The normalized spacial score (nSPS) is 10.2. The quantitative estimate of drug-likeness (QED) is 0.556. The van der Waals surface area contributed by atoms with Gasteiger partial charge in [0.05, 0.1) is 0 Å². The second kappa shape index (κ2) is 5.09. The first-order valence-electron chi connectivity index (χ1n) is 4.19. The molecular weight excluding hydrogens is 164 g/mol. The second-order valence-electron chi connectivity index (χ2n) is 2.50. The van der Waals surface area contributed by atoms with Gasteiger partial charge in [0.1, 0.15) is 0 Å². The van der Waals surface area contributed by atoms with Crippen LogP contribution < -0.4 is 5.32 Å². The van der Waals surface area contributed by atoms with Crippen LogP contribution in [0.5, 0.6) is 0 Å². The van der Waals surface area contributed by atoms with Gasteiger partial charge in [0.15, 0.2) is 5.78 Å². The summed E-state index contributed by atoms with van der Waals surface area (Å²) in [6.45, 7) is 2.79. The zero-order valence-electron chi connectivity index (χ0n) is 7.53. The number of ketones is 1. The fourth-order valence-electron chi connectivity index (χ4n) is 0.857. The van der Waals surface area contributed by atoms with Crippen LogP contribution in [0.4, 0.5) is 0 Å². The van der Waals surface area contributed by atoms with E-state index in [4.69, 9.17) is 0 Å². The van der Waals surface area contributed by atoms with E-state index in [1.54, 1.807) is 30.7 Å². The lowest BCUT2D eigenvalue weighted by Gasteiger charge is -1.94. The average Bonchev–Trinajstić information content (AvgIpc) is 2.19. The third-order valence-corrected chi connectivity index (χ3v) is 1.50.